The van der Waals surface area contributed by atoms with Crippen LogP contribution < -0.4 is 10.6 Å². The number of nitrogens with zero attached hydrogens (tertiary/aromatic N) is 1. The Balaban J connectivity index is 1.66. The molecule has 0 heterocycles. The van der Waals surface area contributed by atoms with E-state index in [0.29, 0.717) is 18.0 Å². The van der Waals surface area contributed by atoms with Gasteiger partial charge in [0.05, 0.1) is 4.92 Å². The Labute approximate surface area is 164 Å². The molecule has 0 fully saturated rings. The molecule has 0 bridgehead atoms. The summed E-state index contributed by atoms with van der Waals surface area (Å²) in [5, 5.41) is 16.1. The predicted octanol–water partition coefficient (Wildman–Crippen LogP) is 3.20. The lowest BCUT2D eigenvalue weighted by Crippen LogP contribution is -2.31. The van der Waals surface area contributed by atoms with Gasteiger partial charge in [-0.2, -0.15) is 0 Å². The second-order valence-corrected chi connectivity index (χ2v) is 6.81. The number of nitro groups is 1. The van der Waals surface area contributed by atoms with Crippen molar-refractivity contribution in [3.8, 4) is 0 Å². The molecule has 2 rings (SSSR count). The minimum absolute atomic E-state index is 0.0743. The monoisotopic (exact) mass is 383 g/mol. The zero-order valence-corrected chi connectivity index (χ0v) is 16.1. The molecule has 0 spiro atoms. The predicted molar refractivity (Wildman–Crippen MR) is 107 cm³/mol. The molecule has 0 saturated heterocycles. The molecule has 0 aliphatic heterocycles. The lowest BCUT2D eigenvalue weighted by molar-refractivity contribution is -0.384. The molecule has 0 aliphatic rings. The van der Waals surface area contributed by atoms with E-state index in [4.69, 9.17) is 0 Å². The van der Waals surface area contributed by atoms with E-state index in [9.17, 15) is 19.7 Å². The average molecular weight is 383 g/mol. The van der Waals surface area contributed by atoms with Crippen molar-refractivity contribution in [2.45, 2.75) is 32.6 Å². The highest BCUT2D eigenvalue weighted by atomic mass is 16.6. The van der Waals surface area contributed by atoms with Gasteiger partial charge in [0.2, 0.25) is 5.91 Å². The maximum atomic E-state index is 12.0. The molecule has 0 unspecified atom stereocenters. The van der Waals surface area contributed by atoms with Crippen LogP contribution in [0, 0.1) is 10.1 Å². The number of hydrogen-bond acceptors (Lipinski definition) is 4. The zero-order chi connectivity index (χ0) is 20.5. The van der Waals surface area contributed by atoms with Crippen LogP contribution in [0.15, 0.2) is 48.5 Å². The van der Waals surface area contributed by atoms with Crippen LogP contribution in [-0.2, 0) is 11.2 Å². The van der Waals surface area contributed by atoms with E-state index >= 15 is 0 Å². The Morgan fingerprint density at radius 2 is 1.61 bits per heavy atom. The summed E-state index contributed by atoms with van der Waals surface area (Å²) < 4.78 is 0. The van der Waals surface area contributed by atoms with Crippen LogP contribution >= 0.6 is 0 Å². The molecule has 2 aromatic rings. The molecule has 2 amide bonds. The molecular weight excluding hydrogens is 358 g/mol. The fourth-order valence-electron chi connectivity index (χ4n) is 2.63. The third-order valence-corrected chi connectivity index (χ3v) is 4.36. The Kier molecular flexibility index (Phi) is 7.68. The first-order valence-corrected chi connectivity index (χ1v) is 9.25. The number of hydrogen-bond donors (Lipinski definition) is 2. The molecular formula is C21H25N3O4. The zero-order valence-electron chi connectivity index (χ0n) is 16.1. The summed E-state index contributed by atoms with van der Waals surface area (Å²) in [5.74, 6) is -0.00860. The van der Waals surface area contributed by atoms with Gasteiger partial charge in [0.25, 0.3) is 11.6 Å². The molecule has 0 radical (unpaired) electrons. The van der Waals surface area contributed by atoms with Crippen LogP contribution in [0.3, 0.4) is 0 Å². The SMILES string of the molecule is CC(C)c1ccc(CCNC(=O)CCNC(=O)c2ccc([N+](=O)[O-])cc2)cc1. The molecule has 148 valence electrons. The van der Waals surface area contributed by atoms with Gasteiger partial charge in [-0.05, 0) is 35.6 Å². The summed E-state index contributed by atoms with van der Waals surface area (Å²) in [5.41, 5.74) is 2.69. The second-order valence-electron chi connectivity index (χ2n) is 6.81. The van der Waals surface area contributed by atoms with E-state index in [2.05, 4.69) is 48.7 Å². The minimum atomic E-state index is -0.523. The third-order valence-electron chi connectivity index (χ3n) is 4.36. The van der Waals surface area contributed by atoms with Gasteiger partial charge >= 0.3 is 0 Å². The van der Waals surface area contributed by atoms with E-state index in [0.717, 1.165) is 12.0 Å². The van der Waals surface area contributed by atoms with Gasteiger partial charge in [-0.1, -0.05) is 38.1 Å². The van der Waals surface area contributed by atoms with E-state index < -0.39 is 4.92 Å². The van der Waals surface area contributed by atoms with E-state index in [-0.39, 0.29) is 30.5 Å². The first kappa shape index (κ1) is 21.1. The highest BCUT2D eigenvalue weighted by Crippen LogP contribution is 2.15. The van der Waals surface area contributed by atoms with Gasteiger partial charge < -0.3 is 10.6 Å². The van der Waals surface area contributed by atoms with Crippen LogP contribution in [0.2, 0.25) is 0 Å². The van der Waals surface area contributed by atoms with Crippen LogP contribution in [0.1, 0.15) is 47.7 Å². The molecule has 0 atom stereocenters. The van der Waals surface area contributed by atoms with Crippen LogP contribution in [-0.4, -0.2) is 29.8 Å². The molecule has 2 N–H and O–H groups in total. The van der Waals surface area contributed by atoms with Crippen molar-refractivity contribution in [2.75, 3.05) is 13.1 Å². The first-order valence-electron chi connectivity index (χ1n) is 9.25. The number of carbonyl (C=O) groups excluding carboxylic acids is 2. The fourth-order valence-corrected chi connectivity index (χ4v) is 2.63. The first-order chi connectivity index (χ1) is 13.4. The maximum Gasteiger partial charge on any atom is 0.269 e. The molecule has 0 aliphatic carbocycles. The summed E-state index contributed by atoms with van der Waals surface area (Å²) in [7, 11) is 0. The topological polar surface area (TPSA) is 101 Å². The number of nitro benzene ring substituents is 1. The summed E-state index contributed by atoms with van der Waals surface area (Å²) in [6.45, 7) is 5.03. The van der Waals surface area contributed by atoms with Crippen molar-refractivity contribution in [3.05, 3.63) is 75.3 Å². The van der Waals surface area contributed by atoms with Crippen molar-refractivity contribution in [1.29, 1.82) is 0 Å². The molecule has 7 heteroatoms. The maximum absolute atomic E-state index is 12.0. The minimum Gasteiger partial charge on any atom is -0.356 e. The summed E-state index contributed by atoms with van der Waals surface area (Å²) in [4.78, 5) is 33.9. The Morgan fingerprint density at radius 3 is 2.18 bits per heavy atom. The standard InChI is InChI=1S/C21H25N3O4/c1-15(2)17-5-3-16(4-6-17)11-13-22-20(25)12-14-23-21(26)18-7-9-19(10-8-18)24(27)28/h3-10,15H,11-14H2,1-2H3,(H,22,25)(H,23,26). The molecule has 0 aromatic heterocycles. The summed E-state index contributed by atoms with van der Waals surface area (Å²) in [6.07, 6.45) is 0.921. The highest BCUT2D eigenvalue weighted by Gasteiger charge is 2.10. The molecule has 7 nitrogen and oxygen atoms in total. The van der Waals surface area contributed by atoms with Gasteiger partial charge in [0.1, 0.15) is 0 Å². The second kappa shape index (κ2) is 10.2. The molecule has 2 aromatic carbocycles. The fraction of sp³-hybridized carbons (Fsp3) is 0.333. The van der Waals surface area contributed by atoms with Crippen LogP contribution in [0.4, 0.5) is 5.69 Å². The Bertz CT molecular complexity index is 815. The van der Waals surface area contributed by atoms with Crippen LogP contribution in [0.25, 0.3) is 0 Å². The number of nitrogens with one attached hydrogen (secondary N) is 2. The van der Waals surface area contributed by atoms with Crippen molar-refractivity contribution in [2.24, 2.45) is 0 Å². The normalized spacial score (nSPS) is 10.5. The van der Waals surface area contributed by atoms with Crippen molar-refractivity contribution in [3.63, 3.8) is 0 Å². The van der Waals surface area contributed by atoms with Crippen molar-refractivity contribution in [1.82, 2.24) is 10.6 Å². The quantitative estimate of drug-likeness (QED) is 0.513. The summed E-state index contributed by atoms with van der Waals surface area (Å²) in [6, 6.07) is 13.7. The number of amides is 2. The van der Waals surface area contributed by atoms with E-state index in [1.807, 2.05) is 0 Å². The van der Waals surface area contributed by atoms with Gasteiger partial charge in [-0.25, -0.2) is 0 Å². The smallest absolute Gasteiger partial charge is 0.269 e. The largest absolute Gasteiger partial charge is 0.356 e. The highest BCUT2D eigenvalue weighted by molar-refractivity contribution is 5.94. The van der Waals surface area contributed by atoms with Gasteiger partial charge in [-0.3, -0.25) is 19.7 Å². The van der Waals surface area contributed by atoms with Gasteiger partial charge in [0.15, 0.2) is 0 Å². The molecule has 0 saturated carbocycles. The lowest BCUT2D eigenvalue weighted by atomic mass is 10.0. The number of benzene rings is 2. The number of rotatable bonds is 9. The van der Waals surface area contributed by atoms with Crippen molar-refractivity contribution < 1.29 is 14.5 Å². The average Bonchev–Trinajstić information content (AvgIpc) is 2.68. The van der Waals surface area contributed by atoms with Crippen LogP contribution in [0.5, 0.6) is 0 Å². The lowest BCUT2D eigenvalue weighted by Gasteiger charge is -2.08. The van der Waals surface area contributed by atoms with E-state index in [1.54, 1.807) is 0 Å². The van der Waals surface area contributed by atoms with Crippen molar-refractivity contribution >= 4 is 17.5 Å². The van der Waals surface area contributed by atoms with Gasteiger partial charge in [0, 0.05) is 37.2 Å². The number of non-ortho nitro benzene ring substituents is 1. The summed E-state index contributed by atoms with van der Waals surface area (Å²) >= 11 is 0. The molecule has 28 heavy (non-hydrogen) atoms. The Hall–Kier alpha value is -3.22. The van der Waals surface area contributed by atoms with Gasteiger partial charge in [-0.15, -0.1) is 0 Å². The number of carbonyl (C=O) groups is 2. The Morgan fingerprint density at radius 1 is 0.964 bits per heavy atom. The van der Waals surface area contributed by atoms with E-state index in [1.165, 1.54) is 29.8 Å². The third kappa shape index (κ3) is 6.50.